The van der Waals surface area contributed by atoms with Gasteiger partial charge in [0.25, 0.3) is 5.89 Å². The van der Waals surface area contributed by atoms with Crippen molar-refractivity contribution < 1.29 is 14.0 Å². The Kier molecular flexibility index (Phi) is 5.01. The number of nitrogens with zero attached hydrogens (tertiary/aromatic N) is 5. The third kappa shape index (κ3) is 3.77. The molecular weight excluding hydrogens is 348 g/mol. The molecule has 1 atom stereocenters. The molecule has 2 aromatic heterocycles. The van der Waals surface area contributed by atoms with Gasteiger partial charge < -0.3 is 19.3 Å². The van der Waals surface area contributed by atoms with E-state index in [1.54, 1.807) is 20.5 Å². The van der Waals surface area contributed by atoms with Gasteiger partial charge in [-0.1, -0.05) is 11.2 Å². The van der Waals surface area contributed by atoms with E-state index in [2.05, 4.69) is 25.5 Å². The molecule has 0 bridgehead atoms. The van der Waals surface area contributed by atoms with Crippen LogP contribution in [-0.2, 0) is 6.42 Å². The van der Waals surface area contributed by atoms with Gasteiger partial charge in [0, 0.05) is 13.0 Å². The van der Waals surface area contributed by atoms with E-state index in [4.69, 9.17) is 14.0 Å². The second-order valence-corrected chi connectivity index (χ2v) is 6.43. The van der Waals surface area contributed by atoms with Crippen molar-refractivity contribution in [3.8, 4) is 23.2 Å². The number of benzene rings is 1. The summed E-state index contributed by atoms with van der Waals surface area (Å²) in [6.45, 7) is 1.96. The van der Waals surface area contributed by atoms with Gasteiger partial charge >= 0.3 is 0 Å². The second-order valence-electron chi connectivity index (χ2n) is 6.43. The predicted molar refractivity (Wildman–Crippen MR) is 96.8 cm³/mol. The molecule has 9 heteroatoms. The summed E-state index contributed by atoms with van der Waals surface area (Å²) in [6, 6.07) is 6.02. The van der Waals surface area contributed by atoms with Gasteiger partial charge in [-0.2, -0.15) is 4.98 Å². The Morgan fingerprint density at radius 1 is 1.26 bits per heavy atom. The van der Waals surface area contributed by atoms with E-state index >= 15 is 0 Å². The average Bonchev–Trinajstić information content (AvgIpc) is 3.38. The van der Waals surface area contributed by atoms with Crippen molar-refractivity contribution in [2.75, 3.05) is 27.3 Å². The molecule has 3 heterocycles. The van der Waals surface area contributed by atoms with Crippen molar-refractivity contribution in [2.24, 2.45) is 0 Å². The highest BCUT2D eigenvalue weighted by Gasteiger charge is 2.19. The zero-order valence-electron chi connectivity index (χ0n) is 15.4. The molecule has 0 aliphatic carbocycles. The Bertz CT molecular complexity index is 900. The van der Waals surface area contributed by atoms with Crippen LogP contribution in [0, 0.1) is 0 Å². The van der Waals surface area contributed by atoms with Crippen molar-refractivity contribution >= 4 is 0 Å². The lowest BCUT2D eigenvalue weighted by Gasteiger charge is -2.22. The van der Waals surface area contributed by atoms with Gasteiger partial charge in [0.05, 0.1) is 20.3 Å². The molecule has 1 aliphatic rings. The standard InChI is InChI=1S/C18H22N6O3/c1-25-14-6-5-12(8-15(14)26-2)9-16-21-18(27-23-16)17-20-11-24(22-17)13-4-3-7-19-10-13/h5-6,8,11,13,19H,3-4,7,9-10H2,1-2H3. The number of methoxy groups -OCH3 is 2. The lowest BCUT2D eigenvalue weighted by Crippen LogP contribution is -2.31. The van der Waals surface area contributed by atoms with Gasteiger partial charge in [-0.3, -0.25) is 0 Å². The molecular formula is C18H22N6O3. The van der Waals surface area contributed by atoms with E-state index in [-0.39, 0.29) is 0 Å². The third-order valence-electron chi connectivity index (χ3n) is 4.62. The first-order chi connectivity index (χ1) is 13.3. The van der Waals surface area contributed by atoms with Crippen molar-refractivity contribution in [3.05, 3.63) is 35.9 Å². The summed E-state index contributed by atoms with van der Waals surface area (Å²) in [6.07, 6.45) is 4.46. The molecule has 1 aromatic carbocycles. The maximum Gasteiger partial charge on any atom is 0.297 e. The molecule has 1 saturated heterocycles. The predicted octanol–water partition coefficient (Wildman–Crippen LogP) is 1.86. The number of hydrogen-bond acceptors (Lipinski definition) is 8. The van der Waals surface area contributed by atoms with E-state index in [0.29, 0.717) is 41.5 Å². The zero-order chi connectivity index (χ0) is 18.6. The summed E-state index contributed by atoms with van der Waals surface area (Å²) in [5.74, 6) is 2.69. The van der Waals surface area contributed by atoms with Gasteiger partial charge in [-0.15, -0.1) is 5.10 Å². The first-order valence-corrected chi connectivity index (χ1v) is 8.92. The molecule has 0 spiro atoms. The molecule has 0 saturated carbocycles. The molecule has 27 heavy (non-hydrogen) atoms. The zero-order valence-corrected chi connectivity index (χ0v) is 15.4. The summed E-state index contributed by atoms with van der Waals surface area (Å²) in [4.78, 5) is 8.75. The molecule has 0 radical (unpaired) electrons. The second kappa shape index (κ2) is 7.75. The summed E-state index contributed by atoms with van der Waals surface area (Å²) < 4.78 is 17.8. The molecule has 142 valence electrons. The average molecular weight is 370 g/mol. The van der Waals surface area contributed by atoms with Crippen LogP contribution in [0.15, 0.2) is 29.0 Å². The smallest absolute Gasteiger partial charge is 0.297 e. The molecule has 1 N–H and O–H groups in total. The number of nitrogens with one attached hydrogen (secondary N) is 1. The maximum absolute atomic E-state index is 5.35. The Hall–Kier alpha value is -2.94. The fourth-order valence-electron chi connectivity index (χ4n) is 3.20. The fourth-order valence-corrected chi connectivity index (χ4v) is 3.20. The number of ether oxygens (including phenoxy) is 2. The highest BCUT2D eigenvalue weighted by atomic mass is 16.5. The van der Waals surface area contributed by atoms with Crippen LogP contribution in [0.4, 0.5) is 0 Å². The molecule has 1 fully saturated rings. The first-order valence-electron chi connectivity index (χ1n) is 8.92. The number of piperidine rings is 1. The topological polar surface area (TPSA) is 100 Å². The van der Waals surface area contributed by atoms with E-state index in [1.807, 2.05) is 22.9 Å². The van der Waals surface area contributed by atoms with Crippen molar-refractivity contribution in [1.29, 1.82) is 0 Å². The third-order valence-corrected chi connectivity index (χ3v) is 4.62. The van der Waals surface area contributed by atoms with Crippen molar-refractivity contribution in [1.82, 2.24) is 30.2 Å². The molecule has 1 unspecified atom stereocenters. The minimum absolute atomic E-state index is 0.314. The molecule has 0 amide bonds. The number of rotatable bonds is 6. The van der Waals surface area contributed by atoms with Crippen LogP contribution in [-0.4, -0.2) is 52.2 Å². The largest absolute Gasteiger partial charge is 0.493 e. The molecule has 9 nitrogen and oxygen atoms in total. The minimum atomic E-state index is 0.314. The van der Waals surface area contributed by atoms with Crippen LogP contribution in [0.25, 0.3) is 11.7 Å². The van der Waals surface area contributed by atoms with E-state index in [0.717, 1.165) is 31.5 Å². The van der Waals surface area contributed by atoms with Crippen LogP contribution >= 0.6 is 0 Å². The lowest BCUT2D eigenvalue weighted by atomic mass is 10.1. The Balaban J connectivity index is 1.48. The number of hydrogen-bond donors (Lipinski definition) is 1. The van der Waals surface area contributed by atoms with Crippen molar-refractivity contribution in [3.63, 3.8) is 0 Å². The number of aromatic nitrogens is 5. The fraction of sp³-hybridized carbons (Fsp3) is 0.444. The van der Waals surface area contributed by atoms with Crippen LogP contribution in [0.5, 0.6) is 11.5 Å². The molecule has 4 rings (SSSR count). The van der Waals surface area contributed by atoms with E-state index < -0.39 is 0 Å². The Morgan fingerprint density at radius 2 is 2.15 bits per heavy atom. The van der Waals surface area contributed by atoms with Gasteiger partial charge in [0.1, 0.15) is 6.33 Å². The Morgan fingerprint density at radius 3 is 2.93 bits per heavy atom. The van der Waals surface area contributed by atoms with Gasteiger partial charge in [-0.05, 0) is 37.1 Å². The highest BCUT2D eigenvalue weighted by Crippen LogP contribution is 2.28. The SMILES string of the molecule is COc1ccc(Cc2noc(-c3ncn(C4CCCNC4)n3)n2)cc1OC. The Labute approximate surface area is 156 Å². The summed E-state index contributed by atoms with van der Waals surface area (Å²) in [7, 11) is 3.22. The normalized spacial score (nSPS) is 17.0. The van der Waals surface area contributed by atoms with Gasteiger partial charge in [0.2, 0.25) is 5.82 Å². The maximum atomic E-state index is 5.35. The van der Waals surface area contributed by atoms with E-state index in [1.165, 1.54) is 0 Å². The van der Waals surface area contributed by atoms with Gasteiger partial charge in [-0.25, -0.2) is 9.67 Å². The van der Waals surface area contributed by atoms with Gasteiger partial charge in [0.15, 0.2) is 17.3 Å². The van der Waals surface area contributed by atoms with Crippen LogP contribution < -0.4 is 14.8 Å². The van der Waals surface area contributed by atoms with Crippen molar-refractivity contribution in [2.45, 2.75) is 25.3 Å². The summed E-state index contributed by atoms with van der Waals surface area (Å²) in [5, 5.41) is 11.9. The quantitative estimate of drug-likeness (QED) is 0.702. The van der Waals surface area contributed by atoms with Crippen LogP contribution in [0.3, 0.4) is 0 Å². The summed E-state index contributed by atoms with van der Waals surface area (Å²) >= 11 is 0. The molecule has 1 aliphatic heterocycles. The lowest BCUT2D eigenvalue weighted by molar-refractivity contribution is 0.345. The monoisotopic (exact) mass is 370 g/mol. The summed E-state index contributed by atoms with van der Waals surface area (Å²) in [5.41, 5.74) is 0.992. The van der Waals surface area contributed by atoms with E-state index in [9.17, 15) is 0 Å². The van der Waals surface area contributed by atoms with Crippen LogP contribution in [0.2, 0.25) is 0 Å². The van der Waals surface area contributed by atoms with Crippen LogP contribution in [0.1, 0.15) is 30.3 Å². The minimum Gasteiger partial charge on any atom is -0.493 e. The molecule has 3 aromatic rings. The highest BCUT2D eigenvalue weighted by molar-refractivity contribution is 5.44. The first kappa shape index (κ1) is 17.5.